The molecule has 2 aromatic carbocycles. The standard InChI is InChI=1S/C18H15N5O/c19-17(24)13-7-4-8-14(16(13)12-5-2-1-3-6-12)23-11-22-18-15(23)9-20-10-21-18/h1-10H,11H2,(H2,19,24)(H,20,21,22). The number of carbonyl (C=O) groups is 1. The third-order valence-electron chi connectivity index (χ3n) is 4.05. The number of carbonyl (C=O) groups excluding carboxylic acids is 1. The van der Waals surface area contributed by atoms with Crippen molar-refractivity contribution in [3.8, 4) is 11.1 Å². The number of aromatic nitrogens is 2. The fourth-order valence-electron chi connectivity index (χ4n) is 2.99. The van der Waals surface area contributed by atoms with Gasteiger partial charge in [0.25, 0.3) is 0 Å². The summed E-state index contributed by atoms with van der Waals surface area (Å²) in [5, 5.41) is 3.23. The third kappa shape index (κ3) is 2.25. The molecule has 2 heterocycles. The minimum Gasteiger partial charge on any atom is -0.366 e. The van der Waals surface area contributed by atoms with E-state index in [0.29, 0.717) is 12.2 Å². The molecule has 1 amide bonds. The average Bonchev–Trinajstić information content (AvgIpc) is 3.05. The van der Waals surface area contributed by atoms with Crippen LogP contribution >= 0.6 is 0 Å². The molecule has 0 saturated heterocycles. The fourth-order valence-corrected chi connectivity index (χ4v) is 2.99. The number of anilines is 3. The van der Waals surface area contributed by atoms with E-state index in [2.05, 4.69) is 15.3 Å². The second-order valence-electron chi connectivity index (χ2n) is 5.45. The highest BCUT2D eigenvalue weighted by atomic mass is 16.1. The lowest BCUT2D eigenvalue weighted by Gasteiger charge is -2.22. The van der Waals surface area contributed by atoms with Gasteiger partial charge in [0.1, 0.15) is 12.0 Å². The molecule has 6 heteroatoms. The second-order valence-corrected chi connectivity index (χ2v) is 5.45. The maximum Gasteiger partial charge on any atom is 0.249 e. The normalized spacial score (nSPS) is 12.6. The molecule has 0 unspecified atom stereocenters. The summed E-state index contributed by atoms with van der Waals surface area (Å²) in [5.74, 6) is 0.320. The van der Waals surface area contributed by atoms with Gasteiger partial charge in [0.15, 0.2) is 5.82 Å². The first-order valence-corrected chi connectivity index (χ1v) is 7.55. The average molecular weight is 317 g/mol. The van der Waals surface area contributed by atoms with Crippen molar-refractivity contribution >= 4 is 23.1 Å². The molecule has 0 radical (unpaired) electrons. The zero-order valence-corrected chi connectivity index (χ0v) is 12.8. The number of benzene rings is 2. The molecular formula is C18H15N5O. The second kappa shape index (κ2) is 5.66. The Hall–Kier alpha value is -3.41. The number of fused-ring (bicyclic) bond motifs is 1. The van der Waals surface area contributed by atoms with Crippen LogP contribution in [0, 0.1) is 0 Å². The number of hydrogen-bond acceptors (Lipinski definition) is 5. The van der Waals surface area contributed by atoms with E-state index in [0.717, 1.165) is 28.3 Å². The van der Waals surface area contributed by atoms with E-state index in [4.69, 9.17) is 5.73 Å². The molecule has 4 rings (SSSR count). The Morgan fingerprint density at radius 2 is 1.92 bits per heavy atom. The summed E-state index contributed by atoms with van der Waals surface area (Å²) in [7, 11) is 0. The Labute approximate surface area is 139 Å². The highest BCUT2D eigenvalue weighted by Crippen LogP contribution is 2.41. The van der Waals surface area contributed by atoms with Crippen LogP contribution in [-0.2, 0) is 0 Å². The van der Waals surface area contributed by atoms with Gasteiger partial charge in [0, 0.05) is 11.1 Å². The lowest BCUT2D eigenvalue weighted by molar-refractivity contribution is 0.100. The van der Waals surface area contributed by atoms with Gasteiger partial charge in [-0.25, -0.2) is 9.97 Å². The topological polar surface area (TPSA) is 84.1 Å². The van der Waals surface area contributed by atoms with Gasteiger partial charge in [0.05, 0.1) is 18.6 Å². The predicted molar refractivity (Wildman–Crippen MR) is 93.1 cm³/mol. The van der Waals surface area contributed by atoms with Crippen LogP contribution in [0.5, 0.6) is 0 Å². The van der Waals surface area contributed by atoms with Crippen LogP contribution < -0.4 is 16.0 Å². The smallest absolute Gasteiger partial charge is 0.249 e. The zero-order chi connectivity index (χ0) is 16.5. The van der Waals surface area contributed by atoms with E-state index >= 15 is 0 Å². The highest BCUT2D eigenvalue weighted by Gasteiger charge is 2.25. The van der Waals surface area contributed by atoms with Crippen LogP contribution in [0.2, 0.25) is 0 Å². The summed E-state index contributed by atoms with van der Waals surface area (Å²) in [6, 6.07) is 15.3. The molecule has 1 aliphatic heterocycles. The zero-order valence-electron chi connectivity index (χ0n) is 12.8. The molecule has 3 N–H and O–H groups in total. The number of amides is 1. The van der Waals surface area contributed by atoms with Crippen molar-refractivity contribution in [3.63, 3.8) is 0 Å². The summed E-state index contributed by atoms with van der Waals surface area (Å²) in [4.78, 5) is 22.4. The first kappa shape index (κ1) is 14.2. The van der Waals surface area contributed by atoms with E-state index in [1.165, 1.54) is 6.33 Å². The van der Waals surface area contributed by atoms with Gasteiger partial charge in [-0.05, 0) is 17.7 Å². The Bertz CT molecular complexity index is 910. The van der Waals surface area contributed by atoms with Crippen LogP contribution in [0.1, 0.15) is 10.4 Å². The van der Waals surface area contributed by atoms with Crippen molar-refractivity contribution in [2.45, 2.75) is 0 Å². The molecule has 1 aliphatic rings. The van der Waals surface area contributed by atoms with Crippen LogP contribution in [0.3, 0.4) is 0 Å². The quantitative estimate of drug-likeness (QED) is 0.776. The number of hydrogen-bond donors (Lipinski definition) is 2. The first-order valence-electron chi connectivity index (χ1n) is 7.55. The Morgan fingerprint density at radius 3 is 2.71 bits per heavy atom. The minimum atomic E-state index is -0.451. The monoisotopic (exact) mass is 317 g/mol. The molecular weight excluding hydrogens is 302 g/mol. The van der Waals surface area contributed by atoms with Gasteiger partial charge in [-0.2, -0.15) is 0 Å². The van der Waals surface area contributed by atoms with Gasteiger partial charge in [-0.1, -0.05) is 36.4 Å². The largest absolute Gasteiger partial charge is 0.366 e. The minimum absolute atomic E-state index is 0.451. The molecule has 24 heavy (non-hydrogen) atoms. The first-order chi connectivity index (χ1) is 11.8. The van der Waals surface area contributed by atoms with Crippen molar-refractivity contribution in [1.82, 2.24) is 9.97 Å². The van der Waals surface area contributed by atoms with Crippen molar-refractivity contribution in [2.75, 3.05) is 16.9 Å². The predicted octanol–water partition coefficient (Wildman–Crippen LogP) is 2.76. The van der Waals surface area contributed by atoms with E-state index < -0.39 is 5.91 Å². The third-order valence-corrected chi connectivity index (χ3v) is 4.05. The maximum absolute atomic E-state index is 12.0. The van der Waals surface area contributed by atoms with Gasteiger partial charge in [0.2, 0.25) is 5.91 Å². The SMILES string of the molecule is NC(=O)c1cccc(N2CNc3ncncc32)c1-c1ccccc1. The van der Waals surface area contributed by atoms with Crippen molar-refractivity contribution in [1.29, 1.82) is 0 Å². The summed E-state index contributed by atoms with van der Waals surface area (Å²) >= 11 is 0. The Morgan fingerprint density at radius 1 is 1.08 bits per heavy atom. The molecule has 0 atom stereocenters. The summed E-state index contributed by atoms with van der Waals surface area (Å²) < 4.78 is 0. The lowest BCUT2D eigenvalue weighted by Crippen LogP contribution is -2.20. The lowest BCUT2D eigenvalue weighted by atomic mass is 9.96. The number of nitrogens with zero attached hydrogens (tertiary/aromatic N) is 3. The van der Waals surface area contributed by atoms with Crippen LogP contribution in [0.15, 0.2) is 61.1 Å². The summed E-state index contributed by atoms with van der Waals surface area (Å²) in [6.45, 7) is 0.552. The van der Waals surface area contributed by atoms with E-state index in [1.807, 2.05) is 47.4 Å². The van der Waals surface area contributed by atoms with Crippen molar-refractivity contribution in [2.24, 2.45) is 5.73 Å². The molecule has 0 spiro atoms. The number of rotatable bonds is 3. The number of primary amides is 1. The van der Waals surface area contributed by atoms with Crippen LogP contribution in [0.25, 0.3) is 11.1 Å². The van der Waals surface area contributed by atoms with Crippen molar-refractivity contribution in [3.05, 3.63) is 66.6 Å². The molecule has 1 aromatic heterocycles. The molecule has 0 bridgehead atoms. The van der Waals surface area contributed by atoms with E-state index in [1.54, 1.807) is 12.3 Å². The Kier molecular flexibility index (Phi) is 3.35. The van der Waals surface area contributed by atoms with Crippen LogP contribution in [0.4, 0.5) is 17.2 Å². The number of nitrogens with one attached hydrogen (secondary N) is 1. The van der Waals surface area contributed by atoms with E-state index in [-0.39, 0.29) is 0 Å². The van der Waals surface area contributed by atoms with Gasteiger partial charge < -0.3 is 16.0 Å². The number of nitrogens with two attached hydrogens (primary N) is 1. The molecule has 0 fully saturated rings. The molecule has 0 saturated carbocycles. The van der Waals surface area contributed by atoms with E-state index in [9.17, 15) is 4.79 Å². The summed E-state index contributed by atoms with van der Waals surface area (Å²) in [5.41, 5.74) is 9.61. The van der Waals surface area contributed by atoms with Gasteiger partial charge in [-0.15, -0.1) is 0 Å². The highest BCUT2D eigenvalue weighted by molar-refractivity contribution is 6.04. The maximum atomic E-state index is 12.0. The molecule has 6 nitrogen and oxygen atoms in total. The van der Waals surface area contributed by atoms with Gasteiger partial charge in [-0.3, -0.25) is 4.79 Å². The van der Waals surface area contributed by atoms with Crippen molar-refractivity contribution < 1.29 is 4.79 Å². The fraction of sp³-hybridized carbons (Fsp3) is 0.0556. The van der Waals surface area contributed by atoms with Crippen LogP contribution in [-0.4, -0.2) is 22.5 Å². The molecule has 118 valence electrons. The molecule has 3 aromatic rings. The Balaban J connectivity index is 1.94. The summed E-state index contributed by atoms with van der Waals surface area (Å²) in [6.07, 6.45) is 3.27. The van der Waals surface area contributed by atoms with Gasteiger partial charge >= 0.3 is 0 Å². The molecule has 0 aliphatic carbocycles.